The van der Waals surface area contributed by atoms with Crippen molar-refractivity contribution in [1.82, 2.24) is 0 Å². The van der Waals surface area contributed by atoms with Gasteiger partial charge in [0.1, 0.15) is 4.99 Å². The number of benzene rings is 1. The summed E-state index contributed by atoms with van der Waals surface area (Å²) < 4.78 is 0. The lowest BCUT2D eigenvalue weighted by molar-refractivity contribution is 0.0711. The normalized spacial score (nSPS) is 44.8. The predicted molar refractivity (Wildman–Crippen MR) is 130 cm³/mol. The first-order valence-electron chi connectivity index (χ1n) is 11.9. The topological polar surface area (TPSA) is 38.4 Å². The Morgan fingerprint density at radius 2 is 1.90 bits per heavy atom. The van der Waals surface area contributed by atoms with Crippen molar-refractivity contribution < 1.29 is 0 Å². The summed E-state index contributed by atoms with van der Waals surface area (Å²) in [5.74, 6) is 2.53. The number of halogens is 1. The smallest absolute Gasteiger partial charge is 0.109 e. The Hall–Kier alpha value is -0.770. The van der Waals surface area contributed by atoms with E-state index in [0.717, 1.165) is 49.4 Å². The first kappa shape index (κ1) is 21.1. The minimum atomic E-state index is 0.0561. The van der Waals surface area contributed by atoms with Crippen LogP contribution in [-0.2, 0) is 5.41 Å². The van der Waals surface area contributed by atoms with E-state index in [9.17, 15) is 0 Å². The maximum absolute atomic E-state index is 6.73. The second kappa shape index (κ2) is 7.67. The monoisotopic (exact) mass is 442 g/mol. The zero-order valence-electron chi connectivity index (χ0n) is 18.2. The molecule has 4 bridgehead atoms. The van der Waals surface area contributed by atoms with Crippen LogP contribution < -0.4 is 5.73 Å². The van der Waals surface area contributed by atoms with Crippen molar-refractivity contribution in [3.8, 4) is 0 Å². The summed E-state index contributed by atoms with van der Waals surface area (Å²) in [6.07, 6.45) is 12.7. The van der Waals surface area contributed by atoms with Gasteiger partial charge in [-0.05, 0) is 91.9 Å². The highest BCUT2D eigenvalue weighted by Gasteiger charge is 2.73. The van der Waals surface area contributed by atoms with Gasteiger partial charge in [0.2, 0.25) is 0 Å². The van der Waals surface area contributed by atoms with Gasteiger partial charge in [0, 0.05) is 23.6 Å². The maximum Gasteiger partial charge on any atom is 0.109 e. The van der Waals surface area contributed by atoms with Crippen LogP contribution in [0.25, 0.3) is 0 Å². The fourth-order valence-electron chi connectivity index (χ4n) is 8.05. The largest absolute Gasteiger partial charge is 0.328 e. The Morgan fingerprint density at radius 1 is 1.17 bits per heavy atom. The summed E-state index contributed by atoms with van der Waals surface area (Å²) in [7, 11) is 0. The molecule has 0 saturated heterocycles. The van der Waals surface area contributed by atoms with Gasteiger partial charge in [0.15, 0.2) is 0 Å². The Balaban J connectivity index is 1.47. The van der Waals surface area contributed by atoms with Crippen LogP contribution in [0.3, 0.4) is 0 Å². The van der Waals surface area contributed by atoms with Crippen LogP contribution in [-0.4, -0.2) is 23.1 Å². The summed E-state index contributed by atoms with van der Waals surface area (Å²) in [5.41, 5.74) is 8.14. The zero-order valence-corrected chi connectivity index (χ0v) is 19.7. The van der Waals surface area contributed by atoms with E-state index in [1.807, 2.05) is 0 Å². The molecule has 2 nitrogen and oxygen atoms in total. The lowest BCUT2D eigenvalue weighted by Gasteiger charge is -2.48. The fourth-order valence-corrected chi connectivity index (χ4v) is 9.00. The first-order valence-corrected chi connectivity index (χ1v) is 12.9. The molecule has 5 fully saturated rings. The third-order valence-corrected chi connectivity index (χ3v) is 10.6. The number of nitrogens with two attached hydrogens (primary N) is 1. The standard InChI is InChI=1S/C26H35ClN2S/c1-2-25(17-27)20-12-24(19-6-4-3-5-7-19)14-22(25)26(13-20,16-24)23(30)29-15-18-8-10-21(28)11-9-18/h3-7,15,18,20-22H,2,8-14,16-17,28H2,1H3/t18?,20-,21?,22?,24?,25?,26?/m1/s1. The Kier molecular flexibility index (Phi) is 5.40. The van der Waals surface area contributed by atoms with E-state index in [2.05, 4.69) is 43.5 Å². The van der Waals surface area contributed by atoms with Gasteiger partial charge in [-0.25, -0.2) is 0 Å². The third kappa shape index (κ3) is 2.98. The van der Waals surface area contributed by atoms with Gasteiger partial charge >= 0.3 is 0 Å². The average molecular weight is 443 g/mol. The molecule has 0 heterocycles. The van der Waals surface area contributed by atoms with E-state index in [-0.39, 0.29) is 16.2 Å². The fraction of sp³-hybridized carbons (Fsp3) is 0.692. The van der Waals surface area contributed by atoms with Crippen molar-refractivity contribution in [2.45, 2.75) is 76.2 Å². The number of hydrogen-bond acceptors (Lipinski definition) is 2. The molecule has 4 unspecified atom stereocenters. The van der Waals surface area contributed by atoms with Gasteiger partial charge in [-0.2, -0.15) is 0 Å². The molecule has 0 aromatic heterocycles. The number of hydrogen-bond donors (Lipinski definition) is 1. The van der Waals surface area contributed by atoms with Crippen LogP contribution in [0.4, 0.5) is 0 Å². The molecule has 5 atom stereocenters. The van der Waals surface area contributed by atoms with Gasteiger partial charge in [0.05, 0.1) is 0 Å². The molecule has 0 radical (unpaired) electrons. The zero-order chi connectivity index (χ0) is 21.0. The Labute approximate surface area is 192 Å². The van der Waals surface area contributed by atoms with Gasteiger partial charge in [-0.1, -0.05) is 49.5 Å². The van der Waals surface area contributed by atoms with Crippen LogP contribution in [0.15, 0.2) is 35.3 Å². The summed E-state index contributed by atoms with van der Waals surface area (Å²) in [5, 5.41) is 0. The van der Waals surface area contributed by atoms with Crippen molar-refractivity contribution in [3.63, 3.8) is 0 Å². The summed E-state index contributed by atoms with van der Waals surface area (Å²) in [6.45, 7) is 2.34. The Bertz CT molecular complexity index is 827. The van der Waals surface area contributed by atoms with Crippen molar-refractivity contribution in [1.29, 1.82) is 0 Å². The van der Waals surface area contributed by atoms with Crippen molar-refractivity contribution in [3.05, 3.63) is 35.9 Å². The molecule has 0 spiro atoms. The van der Waals surface area contributed by atoms with Gasteiger partial charge in [-0.15, -0.1) is 11.6 Å². The molecule has 5 aliphatic rings. The van der Waals surface area contributed by atoms with E-state index in [1.54, 1.807) is 0 Å². The average Bonchev–Trinajstić information content (AvgIpc) is 3.14. The van der Waals surface area contributed by atoms with E-state index in [0.29, 0.717) is 23.8 Å². The molecule has 162 valence electrons. The number of rotatable bonds is 5. The second-order valence-electron chi connectivity index (χ2n) is 10.8. The molecule has 6 rings (SSSR count). The van der Waals surface area contributed by atoms with E-state index in [4.69, 9.17) is 34.5 Å². The SMILES string of the molecule is CCC1(CCl)C2CC3(c4ccccc4)C[C@@H]1CC2(C(=S)N=CC1CCC(N)CC1)C3. The lowest BCUT2D eigenvalue weighted by Crippen LogP contribution is -2.43. The van der Waals surface area contributed by atoms with Crippen molar-refractivity contribution >= 4 is 35.0 Å². The van der Waals surface area contributed by atoms with E-state index in [1.165, 1.54) is 24.8 Å². The van der Waals surface area contributed by atoms with Gasteiger partial charge in [-0.3, -0.25) is 4.99 Å². The van der Waals surface area contributed by atoms with Crippen molar-refractivity contribution in [2.24, 2.45) is 39.3 Å². The number of aliphatic imine (C=N–C) groups is 1. The lowest BCUT2D eigenvalue weighted by atomic mass is 9.57. The number of alkyl halides is 1. The highest BCUT2D eigenvalue weighted by molar-refractivity contribution is 7.80. The number of thiocarbonyl (C=S) groups is 1. The molecular weight excluding hydrogens is 408 g/mol. The summed E-state index contributed by atoms with van der Waals surface area (Å²) in [4.78, 5) is 6.00. The second-order valence-corrected chi connectivity index (χ2v) is 11.5. The van der Waals surface area contributed by atoms with Crippen LogP contribution in [0.1, 0.15) is 70.3 Å². The third-order valence-electron chi connectivity index (χ3n) is 9.61. The molecular formula is C26H35ClN2S. The van der Waals surface area contributed by atoms with Gasteiger partial charge < -0.3 is 5.73 Å². The molecule has 0 aliphatic heterocycles. The van der Waals surface area contributed by atoms with E-state index >= 15 is 0 Å². The minimum absolute atomic E-state index is 0.0561. The summed E-state index contributed by atoms with van der Waals surface area (Å²) >= 11 is 12.9. The first-order chi connectivity index (χ1) is 14.5. The van der Waals surface area contributed by atoms with Crippen LogP contribution in [0, 0.1) is 28.6 Å². The predicted octanol–water partition coefficient (Wildman–Crippen LogP) is 6.30. The van der Waals surface area contributed by atoms with Crippen LogP contribution in [0.2, 0.25) is 0 Å². The molecule has 0 amide bonds. The molecule has 1 aromatic rings. The summed E-state index contributed by atoms with van der Waals surface area (Å²) in [6, 6.07) is 11.6. The highest BCUT2D eigenvalue weighted by atomic mass is 35.5. The van der Waals surface area contributed by atoms with Gasteiger partial charge in [0.25, 0.3) is 0 Å². The van der Waals surface area contributed by atoms with Crippen molar-refractivity contribution in [2.75, 3.05) is 5.88 Å². The molecule has 30 heavy (non-hydrogen) atoms. The highest BCUT2D eigenvalue weighted by Crippen LogP contribution is 2.78. The molecule has 1 aromatic carbocycles. The minimum Gasteiger partial charge on any atom is -0.328 e. The maximum atomic E-state index is 6.73. The molecule has 5 aliphatic carbocycles. The molecule has 4 heteroatoms. The molecule has 5 saturated carbocycles. The van der Waals surface area contributed by atoms with Crippen LogP contribution >= 0.6 is 23.8 Å². The van der Waals surface area contributed by atoms with E-state index < -0.39 is 0 Å². The quantitative estimate of drug-likeness (QED) is 0.330. The molecule has 2 N–H and O–H groups in total. The Morgan fingerprint density at radius 3 is 2.57 bits per heavy atom. The van der Waals surface area contributed by atoms with Crippen LogP contribution in [0.5, 0.6) is 0 Å². The number of nitrogens with zero attached hydrogens (tertiary/aromatic N) is 1.